The molecular weight excluding hydrogens is 279 g/mol. The van der Waals surface area contributed by atoms with E-state index in [1.54, 1.807) is 6.07 Å². The van der Waals surface area contributed by atoms with Gasteiger partial charge in [0.2, 0.25) is 0 Å². The summed E-state index contributed by atoms with van der Waals surface area (Å²) in [6.45, 7) is 4.54. The van der Waals surface area contributed by atoms with E-state index in [1.807, 2.05) is 6.07 Å². The van der Waals surface area contributed by atoms with E-state index in [9.17, 15) is 5.11 Å². The molecule has 0 unspecified atom stereocenters. The Morgan fingerprint density at radius 1 is 1.00 bits per heavy atom. The first kappa shape index (κ1) is 16.7. The summed E-state index contributed by atoms with van der Waals surface area (Å²) in [5.41, 5.74) is 0.861. The minimum Gasteiger partial charge on any atom is -0.506 e. The Labute approximate surface area is 126 Å². The van der Waals surface area contributed by atoms with Crippen LogP contribution in [-0.4, -0.2) is 5.11 Å². The average molecular weight is 303 g/mol. The Hall–Kier alpha value is -0.400. The largest absolute Gasteiger partial charge is 0.506 e. The topological polar surface area (TPSA) is 20.2 Å². The second kappa shape index (κ2) is 8.71. The van der Waals surface area contributed by atoms with Crippen molar-refractivity contribution in [1.82, 2.24) is 0 Å². The number of benzene rings is 1. The molecule has 0 aliphatic rings. The van der Waals surface area contributed by atoms with Gasteiger partial charge in [0, 0.05) is 5.02 Å². The minimum absolute atomic E-state index is 0.186. The van der Waals surface area contributed by atoms with E-state index in [0.29, 0.717) is 10.0 Å². The van der Waals surface area contributed by atoms with Crippen molar-refractivity contribution in [3.63, 3.8) is 0 Å². The SMILES string of the molecule is CC(C)CCCCCCCc1cc(Cl)cc(Cl)c1O. The highest BCUT2D eigenvalue weighted by Crippen LogP contribution is 2.32. The highest BCUT2D eigenvalue weighted by Gasteiger charge is 2.07. The molecule has 0 aliphatic heterocycles. The first-order valence-corrected chi connectivity index (χ1v) is 7.93. The molecule has 0 atom stereocenters. The third kappa shape index (κ3) is 6.54. The van der Waals surface area contributed by atoms with Crippen LogP contribution in [0.5, 0.6) is 5.75 Å². The summed E-state index contributed by atoms with van der Waals surface area (Å²) in [5, 5.41) is 10.8. The van der Waals surface area contributed by atoms with Crippen molar-refractivity contribution >= 4 is 23.2 Å². The van der Waals surface area contributed by atoms with E-state index in [0.717, 1.165) is 24.3 Å². The number of halogens is 2. The molecule has 3 heteroatoms. The van der Waals surface area contributed by atoms with Crippen LogP contribution in [-0.2, 0) is 6.42 Å². The Kier molecular flexibility index (Phi) is 7.63. The van der Waals surface area contributed by atoms with Crippen molar-refractivity contribution in [2.75, 3.05) is 0 Å². The quantitative estimate of drug-likeness (QED) is 0.564. The highest BCUT2D eigenvalue weighted by molar-refractivity contribution is 6.35. The molecule has 0 bridgehead atoms. The third-order valence-corrected chi connectivity index (χ3v) is 3.84. The highest BCUT2D eigenvalue weighted by atomic mass is 35.5. The van der Waals surface area contributed by atoms with Gasteiger partial charge in [-0.1, -0.05) is 69.2 Å². The van der Waals surface area contributed by atoms with Crippen LogP contribution >= 0.6 is 23.2 Å². The second-order valence-corrected chi connectivity index (χ2v) is 6.44. The number of phenols is 1. The van der Waals surface area contributed by atoms with Gasteiger partial charge in [-0.3, -0.25) is 0 Å². The van der Waals surface area contributed by atoms with Gasteiger partial charge in [0.1, 0.15) is 5.75 Å². The molecule has 0 fully saturated rings. The summed E-state index contributed by atoms with van der Waals surface area (Å²) >= 11 is 11.8. The zero-order chi connectivity index (χ0) is 14.3. The predicted molar refractivity (Wildman–Crippen MR) is 84.4 cm³/mol. The number of hydrogen-bond donors (Lipinski definition) is 1. The van der Waals surface area contributed by atoms with E-state index in [1.165, 1.54) is 32.1 Å². The van der Waals surface area contributed by atoms with E-state index < -0.39 is 0 Å². The molecule has 1 N–H and O–H groups in total. The molecule has 0 radical (unpaired) electrons. The van der Waals surface area contributed by atoms with Crippen LogP contribution in [0.4, 0.5) is 0 Å². The summed E-state index contributed by atoms with van der Waals surface area (Å²) in [6, 6.07) is 3.38. The van der Waals surface area contributed by atoms with E-state index >= 15 is 0 Å². The molecule has 0 spiro atoms. The lowest BCUT2D eigenvalue weighted by Gasteiger charge is -2.07. The number of phenolic OH excluding ortho intramolecular Hbond substituents is 1. The van der Waals surface area contributed by atoms with Crippen molar-refractivity contribution < 1.29 is 5.11 Å². The Morgan fingerprint density at radius 3 is 2.32 bits per heavy atom. The molecule has 0 heterocycles. The fourth-order valence-electron chi connectivity index (χ4n) is 2.21. The lowest BCUT2D eigenvalue weighted by Crippen LogP contribution is -1.90. The molecular formula is C16H24Cl2O. The van der Waals surface area contributed by atoms with E-state index in [-0.39, 0.29) is 5.75 Å². The van der Waals surface area contributed by atoms with Gasteiger partial charge in [0.25, 0.3) is 0 Å². The van der Waals surface area contributed by atoms with Crippen LogP contribution in [0.15, 0.2) is 12.1 Å². The standard InChI is InChI=1S/C16H24Cl2O/c1-12(2)8-6-4-3-5-7-9-13-10-14(17)11-15(18)16(13)19/h10-12,19H,3-9H2,1-2H3. The molecule has 1 rings (SSSR count). The lowest BCUT2D eigenvalue weighted by molar-refractivity contribution is 0.465. The van der Waals surface area contributed by atoms with Crippen molar-refractivity contribution in [3.05, 3.63) is 27.7 Å². The molecule has 108 valence electrons. The molecule has 0 aromatic heterocycles. The second-order valence-electron chi connectivity index (χ2n) is 5.60. The van der Waals surface area contributed by atoms with Crippen LogP contribution in [0.2, 0.25) is 10.0 Å². The Bertz CT molecular complexity index is 389. The van der Waals surface area contributed by atoms with Gasteiger partial charge in [-0.2, -0.15) is 0 Å². The molecule has 0 aliphatic carbocycles. The van der Waals surface area contributed by atoms with Crippen molar-refractivity contribution in [1.29, 1.82) is 0 Å². The maximum Gasteiger partial charge on any atom is 0.137 e. The van der Waals surface area contributed by atoms with Gasteiger partial charge >= 0.3 is 0 Å². The molecule has 1 aromatic carbocycles. The number of rotatable bonds is 8. The van der Waals surface area contributed by atoms with Crippen molar-refractivity contribution in [2.24, 2.45) is 5.92 Å². The van der Waals surface area contributed by atoms with Gasteiger partial charge in [0.15, 0.2) is 0 Å². The van der Waals surface area contributed by atoms with Crippen molar-refractivity contribution in [2.45, 2.75) is 58.8 Å². The fourth-order valence-corrected chi connectivity index (χ4v) is 2.74. The first-order valence-electron chi connectivity index (χ1n) is 7.17. The van der Waals surface area contributed by atoms with Gasteiger partial charge < -0.3 is 5.11 Å². The van der Waals surface area contributed by atoms with Crippen LogP contribution in [0.25, 0.3) is 0 Å². The smallest absolute Gasteiger partial charge is 0.137 e. The van der Waals surface area contributed by atoms with Crippen LogP contribution < -0.4 is 0 Å². The molecule has 1 nitrogen and oxygen atoms in total. The third-order valence-electron chi connectivity index (χ3n) is 3.33. The average Bonchev–Trinajstić information content (AvgIpc) is 2.33. The summed E-state index contributed by atoms with van der Waals surface area (Å²) in [5.74, 6) is 0.997. The van der Waals surface area contributed by atoms with Gasteiger partial charge in [-0.15, -0.1) is 0 Å². The number of aryl methyl sites for hydroxylation is 1. The molecule has 0 saturated carbocycles. The summed E-state index contributed by atoms with van der Waals surface area (Å²) in [4.78, 5) is 0. The molecule has 0 saturated heterocycles. The summed E-state index contributed by atoms with van der Waals surface area (Å²) < 4.78 is 0. The predicted octanol–water partition coefficient (Wildman–Crippen LogP) is 6.24. The van der Waals surface area contributed by atoms with Gasteiger partial charge in [-0.25, -0.2) is 0 Å². The fraction of sp³-hybridized carbons (Fsp3) is 0.625. The van der Waals surface area contributed by atoms with Crippen LogP contribution in [0, 0.1) is 5.92 Å². The van der Waals surface area contributed by atoms with E-state index in [2.05, 4.69) is 13.8 Å². The molecule has 0 amide bonds. The van der Waals surface area contributed by atoms with Crippen molar-refractivity contribution in [3.8, 4) is 5.75 Å². The number of hydrogen-bond acceptors (Lipinski definition) is 1. The van der Waals surface area contributed by atoms with Gasteiger partial charge in [0.05, 0.1) is 5.02 Å². The minimum atomic E-state index is 0.186. The summed E-state index contributed by atoms with van der Waals surface area (Å²) in [7, 11) is 0. The van der Waals surface area contributed by atoms with Crippen LogP contribution in [0.3, 0.4) is 0 Å². The molecule has 1 aromatic rings. The number of unbranched alkanes of at least 4 members (excludes halogenated alkanes) is 4. The molecule has 19 heavy (non-hydrogen) atoms. The summed E-state index contributed by atoms with van der Waals surface area (Å²) in [6.07, 6.45) is 8.34. The maximum atomic E-state index is 9.83. The van der Waals surface area contributed by atoms with Gasteiger partial charge in [-0.05, 0) is 36.5 Å². The Balaban J connectivity index is 2.23. The Morgan fingerprint density at radius 2 is 1.63 bits per heavy atom. The zero-order valence-corrected chi connectivity index (χ0v) is 13.4. The number of aromatic hydroxyl groups is 1. The van der Waals surface area contributed by atoms with E-state index in [4.69, 9.17) is 23.2 Å². The lowest BCUT2D eigenvalue weighted by atomic mass is 10.0. The zero-order valence-electron chi connectivity index (χ0n) is 11.9. The monoisotopic (exact) mass is 302 g/mol. The normalized spacial score (nSPS) is 11.2. The maximum absolute atomic E-state index is 9.83. The first-order chi connectivity index (χ1) is 9.00. The van der Waals surface area contributed by atoms with Crippen LogP contribution in [0.1, 0.15) is 57.9 Å².